The van der Waals surface area contributed by atoms with Crippen molar-refractivity contribution in [1.29, 1.82) is 0 Å². The number of hydrogen-bond acceptors (Lipinski definition) is 3. The quantitative estimate of drug-likeness (QED) is 0.232. The number of nitrogens with zero attached hydrogens (tertiary/aromatic N) is 2. The molecule has 0 aliphatic carbocycles. The first-order valence-electron chi connectivity index (χ1n) is 13.6. The molecule has 1 heterocycles. The van der Waals surface area contributed by atoms with Gasteiger partial charge in [0.25, 0.3) is 0 Å². The predicted molar refractivity (Wildman–Crippen MR) is 146 cm³/mol. The number of amides is 1. The van der Waals surface area contributed by atoms with E-state index in [1.165, 1.54) is 67.7 Å². The number of halogens is 1. The fourth-order valence-electron chi connectivity index (χ4n) is 5.02. The van der Waals surface area contributed by atoms with Crippen LogP contribution in [-0.4, -0.2) is 60.3 Å². The van der Waals surface area contributed by atoms with Crippen molar-refractivity contribution >= 4 is 38.8 Å². The third-order valence-corrected chi connectivity index (χ3v) is 22.8. The number of carbonyl (C=O) groups is 1. The van der Waals surface area contributed by atoms with Crippen LogP contribution >= 0.6 is 0 Å². The minimum atomic E-state index is -2.85. The second-order valence-electron chi connectivity index (χ2n) is 9.59. The van der Waals surface area contributed by atoms with Gasteiger partial charge in [-0.05, 0) is 0 Å². The molecule has 6 heteroatoms. The van der Waals surface area contributed by atoms with E-state index in [0.717, 1.165) is 19.6 Å². The number of nitrogens with one attached hydrogen (secondary N) is 1. The molecule has 0 saturated heterocycles. The summed E-state index contributed by atoms with van der Waals surface area (Å²) in [4.78, 5) is 20.1. The maximum atomic E-state index is 15.0. The summed E-state index contributed by atoms with van der Waals surface area (Å²) in [6, 6.07) is 5.63. The Morgan fingerprint density at radius 1 is 0.971 bits per heavy atom. The monoisotopic (exact) mass is 579 g/mol. The molecule has 0 bridgehead atoms. The Bertz CT molecular complexity index is 879. The molecule has 0 spiro atoms. The Labute approximate surface area is 211 Å². The second-order valence-corrected chi connectivity index (χ2v) is 22.8. The average molecular weight is 578 g/mol. The van der Waals surface area contributed by atoms with Crippen molar-refractivity contribution in [2.45, 2.75) is 86.5 Å². The van der Waals surface area contributed by atoms with Gasteiger partial charge in [0.05, 0.1) is 0 Å². The number of likely N-dealkylation sites (N-methyl/N-ethyl adjacent to an activating group) is 1. The summed E-state index contributed by atoms with van der Waals surface area (Å²) in [5.41, 5.74) is 1.04. The standard InChI is InChI=1S/C16H19FN3O.3C4H9.Sn/c1-3-20(4-2)11-10-19-16(21)13-7-5-6-12-14(17)8-9-18-15(12)13;3*1-3-4-2;/h6-9H,3-4,10-11H2,1-2H3,(H,19,21);3*1,3-4H2,2H3;. The zero-order chi connectivity index (χ0) is 25.0. The summed E-state index contributed by atoms with van der Waals surface area (Å²) >= 11 is -2.85. The van der Waals surface area contributed by atoms with Crippen LogP contribution in [0.25, 0.3) is 10.9 Å². The van der Waals surface area contributed by atoms with Crippen LogP contribution in [0.5, 0.6) is 0 Å². The first-order valence-corrected chi connectivity index (χ1v) is 21.0. The van der Waals surface area contributed by atoms with Crippen LogP contribution in [0.1, 0.15) is 83.5 Å². The van der Waals surface area contributed by atoms with Crippen LogP contribution in [0.2, 0.25) is 13.3 Å². The van der Waals surface area contributed by atoms with Crippen LogP contribution in [0.4, 0.5) is 4.39 Å². The Morgan fingerprint density at radius 3 is 2.09 bits per heavy atom. The van der Waals surface area contributed by atoms with Crippen LogP contribution < -0.4 is 8.90 Å². The third-order valence-electron chi connectivity index (χ3n) is 7.28. The van der Waals surface area contributed by atoms with Gasteiger partial charge in [0, 0.05) is 0 Å². The van der Waals surface area contributed by atoms with Crippen molar-refractivity contribution in [2.75, 3.05) is 26.2 Å². The fourth-order valence-corrected chi connectivity index (χ4v) is 21.0. The number of pyridine rings is 1. The molecule has 34 heavy (non-hydrogen) atoms. The Hall–Kier alpha value is -1.21. The van der Waals surface area contributed by atoms with E-state index < -0.39 is 18.4 Å². The van der Waals surface area contributed by atoms with Gasteiger partial charge in [0.15, 0.2) is 0 Å². The number of benzene rings is 1. The van der Waals surface area contributed by atoms with Crippen molar-refractivity contribution < 1.29 is 9.18 Å². The summed E-state index contributed by atoms with van der Waals surface area (Å²) in [7, 11) is 0. The van der Waals surface area contributed by atoms with Gasteiger partial charge in [0.2, 0.25) is 0 Å². The normalized spacial score (nSPS) is 12.0. The van der Waals surface area contributed by atoms with Gasteiger partial charge in [-0.25, -0.2) is 0 Å². The van der Waals surface area contributed by atoms with Gasteiger partial charge in [-0.15, -0.1) is 0 Å². The zero-order valence-electron chi connectivity index (χ0n) is 22.2. The molecule has 190 valence electrons. The second kappa shape index (κ2) is 15.0. The molecule has 0 saturated carbocycles. The van der Waals surface area contributed by atoms with E-state index in [-0.39, 0.29) is 11.7 Å². The predicted octanol–water partition coefficient (Wildman–Crippen LogP) is 6.50. The van der Waals surface area contributed by atoms with E-state index in [9.17, 15) is 4.79 Å². The number of hydrogen-bond donors (Lipinski definition) is 1. The molecule has 1 aromatic heterocycles. The Balaban J connectivity index is 2.55. The summed E-state index contributed by atoms with van der Waals surface area (Å²) < 4.78 is 20.2. The molecule has 0 aliphatic heterocycles. The molecule has 2 aromatic rings. The van der Waals surface area contributed by atoms with Crippen molar-refractivity contribution in [3.05, 3.63) is 35.8 Å². The molecule has 4 nitrogen and oxygen atoms in total. The van der Waals surface area contributed by atoms with Crippen LogP contribution in [0.3, 0.4) is 0 Å². The molecule has 0 aliphatic rings. The van der Waals surface area contributed by atoms with Crippen LogP contribution in [-0.2, 0) is 0 Å². The molecule has 1 amide bonds. The van der Waals surface area contributed by atoms with Gasteiger partial charge in [0.1, 0.15) is 0 Å². The summed E-state index contributed by atoms with van der Waals surface area (Å²) in [5, 5.41) is 3.61. The van der Waals surface area contributed by atoms with Crippen molar-refractivity contribution in [3.8, 4) is 0 Å². The minimum absolute atomic E-state index is 0.126. The molecular weight excluding hydrogens is 532 g/mol. The molecule has 0 atom stereocenters. The number of carbonyl (C=O) groups excluding carboxylic acids is 1. The van der Waals surface area contributed by atoms with E-state index in [4.69, 9.17) is 0 Å². The van der Waals surface area contributed by atoms with E-state index in [0.29, 0.717) is 23.0 Å². The van der Waals surface area contributed by atoms with Crippen molar-refractivity contribution in [3.63, 3.8) is 0 Å². The third kappa shape index (κ3) is 7.64. The number of unbranched alkanes of at least 4 members (excludes halogenated alkanes) is 3. The van der Waals surface area contributed by atoms with Gasteiger partial charge < -0.3 is 0 Å². The van der Waals surface area contributed by atoms with Gasteiger partial charge >= 0.3 is 212 Å². The average Bonchev–Trinajstić information content (AvgIpc) is 2.86. The molecule has 1 N–H and O–H groups in total. The van der Waals surface area contributed by atoms with Crippen molar-refractivity contribution in [1.82, 2.24) is 15.2 Å². The van der Waals surface area contributed by atoms with Gasteiger partial charge in [-0.2, -0.15) is 0 Å². The van der Waals surface area contributed by atoms with Crippen LogP contribution in [0, 0.1) is 5.82 Å². The van der Waals surface area contributed by atoms with Gasteiger partial charge in [-0.3, -0.25) is 0 Å². The fraction of sp³-hybridized carbons (Fsp3) is 0.643. The molecule has 0 radical (unpaired) electrons. The summed E-state index contributed by atoms with van der Waals surface area (Å²) in [6.45, 7) is 14.3. The van der Waals surface area contributed by atoms with Crippen LogP contribution in [0.15, 0.2) is 24.4 Å². The first kappa shape index (κ1) is 29.0. The Morgan fingerprint density at radius 2 is 1.56 bits per heavy atom. The van der Waals surface area contributed by atoms with E-state index in [1.54, 1.807) is 0 Å². The van der Waals surface area contributed by atoms with Gasteiger partial charge in [-0.1, -0.05) is 0 Å². The molecule has 2 rings (SSSR count). The number of aromatic nitrogens is 1. The summed E-state index contributed by atoms with van der Waals surface area (Å²) in [5.74, 6) is -0.399. The van der Waals surface area contributed by atoms with E-state index in [2.05, 4.69) is 62.0 Å². The molecule has 1 aromatic carbocycles. The number of rotatable bonds is 16. The zero-order valence-corrected chi connectivity index (χ0v) is 25.0. The Kier molecular flexibility index (Phi) is 12.8. The molecule has 0 fully saturated rings. The van der Waals surface area contributed by atoms with Crippen molar-refractivity contribution in [2.24, 2.45) is 0 Å². The SMILES string of the molecule is CCC[CH2][Sn]([CH2]CCC)([CH2]CCC)[c]1cc(C(=O)NCCN(CC)CC)c2nccc(F)c2c1. The first-order chi connectivity index (χ1) is 16.5. The molecule has 0 unspecified atom stereocenters. The molecular formula is C28H46FN3OSn. The number of fused-ring (bicyclic) bond motifs is 1. The van der Waals surface area contributed by atoms with E-state index >= 15 is 4.39 Å². The van der Waals surface area contributed by atoms with E-state index in [1.807, 2.05) is 0 Å². The summed E-state index contributed by atoms with van der Waals surface area (Å²) in [6.07, 6.45) is 8.69. The topological polar surface area (TPSA) is 45.2 Å². The maximum absolute atomic E-state index is 15.0.